The number of benzene rings is 1. The van der Waals surface area contributed by atoms with Crippen LogP contribution in [0.15, 0.2) is 35.7 Å². The van der Waals surface area contributed by atoms with Crippen molar-refractivity contribution >= 4 is 22.9 Å². The van der Waals surface area contributed by atoms with E-state index < -0.39 is 0 Å². The van der Waals surface area contributed by atoms with Crippen LogP contribution in [0.2, 0.25) is 0 Å². The third-order valence-electron chi connectivity index (χ3n) is 3.25. The molecule has 0 saturated carbocycles. The maximum Gasteiger partial charge on any atom is 0.242 e. The molecule has 2 aromatic rings. The van der Waals surface area contributed by atoms with Crippen molar-refractivity contribution in [1.29, 1.82) is 0 Å². The Morgan fingerprint density at radius 3 is 2.57 bits per heavy atom. The van der Waals surface area contributed by atoms with Gasteiger partial charge in [0.05, 0.1) is 0 Å². The van der Waals surface area contributed by atoms with Crippen LogP contribution < -0.4 is 10.6 Å². The lowest BCUT2D eigenvalue weighted by Crippen LogP contribution is -2.38. The van der Waals surface area contributed by atoms with Crippen LogP contribution >= 0.6 is 11.3 Å². The van der Waals surface area contributed by atoms with E-state index in [1.165, 1.54) is 16.0 Å². The monoisotopic (exact) mass is 302 g/mol. The third kappa shape index (κ3) is 4.90. The fourth-order valence-electron chi connectivity index (χ4n) is 2.29. The molecule has 0 unspecified atom stereocenters. The van der Waals surface area contributed by atoms with Gasteiger partial charge in [-0.05, 0) is 61.9 Å². The van der Waals surface area contributed by atoms with Gasteiger partial charge in [0, 0.05) is 17.1 Å². The van der Waals surface area contributed by atoms with Crippen LogP contribution in [0.4, 0.5) is 5.69 Å². The molecule has 1 aromatic heterocycles. The summed E-state index contributed by atoms with van der Waals surface area (Å²) in [5.74, 6) is 0.0331. The van der Waals surface area contributed by atoms with Gasteiger partial charge in [-0.25, -0.2) is 0 Å². The second-order valence-corrected chi connectivity index (χ2v) is 6.40. The molecule has 0 aliphatic rings. The molecular formula is C17H22N2OS. The minimum absolute atomic E-state index is 0.0331. The van der Waals surface area contributed by atoms with Gasteiger partial charge < -0.3 is 10.6 Å². The Morgan fingerprint density at radius 2 is 1.95 bits per heavy atom. The molecular weight excluding hydrogens is 280 g/mol. The molecule has 1 amide bonds. The number of amides is 1. The molecule has 1 atom stereocenters. The van der Waals surface area contributed by atoms with Gasteiger partial charge in [0.2, 0.25) is 5.91 Å². The SMILES string of the molecule is Cc1cc(C)cc(N[C@H](C)C(=O)NCCc2cccs2)c1. The van der Waals surface area contributed by atoms with Crippen LogP contribution in [0, 0.1) is 13.8 Å². The Balaban J connectivity index is 1.81. The standard InChI is InChI=1S/C17H22N2OS/c1-12-9-13(2)11-15(10-12)19-14(3)17(20)18-7-6-16-5-4-8-21-16/h4-5,8-11,14,19H,6-7H2,1-3H3,(H,18,20)/t14-/m1/s1. The molecule has 3 nitrogen and oxygen atoms in total. The molecule has 21 heavy (non-hydrogen) atoms. The summed E-state index contributed by atoms with van der Waals surface area (Å²) < 4.78 is 0. The van der Waals surface area contributed by atoms with E-state index in [4.69, 9.17) is 0 Å². The lowest BCUT2D eigenvalue weighted by Gasteiger charge is -2.16. The molecule has 2 N–H and O–H groups in total. The normalized spacial score (nSPS) is 12.0. The molecule has 0 aliphatic carbocycles. The summed E-state index contributed by atoms with van der Waals surface area (Å²) in [6, 6.07) is 10.1. The van der Waals surface area contributed by atoms with Crippen molar-refractivity contribution in [2.45, 2.75) is 33.2 Å². The highest BCUT2D eigenvalue weighted by Gasteiger charge is 2.12. The number of nitrogens with one attached hydrogen (secondary N) is 2. The van der Waals surface area contributed by atoms with Gasteiger partial charge in [0.1, 0.15) is 6.04 Å². The zero-order chi connectivity index (χ0) is 15.2. The van der Waals surface area contributed by atoms with E-state index in [0.29, 0.717) is 6.54 Å². The Bertz CT molecular complexity index is 573. The number of thiophene rings is 1. The lowest BCUT2D eigenvalue weighted by atomic mass is 10.1. The molecule has 2 rings (SSSR count). The zero-order valence-corrected chi connectivity index (χ0v) is 13.6. The third-order valence-corrected chi connectivity index (χ3v) is 4.19. The first-order chi connectivity index (χ1) is 10.0. The Labute approximate surface area is 130 Å². The van der Waals surface area contributed by atoms with E-state index in [9.17, 15) is 4.79 Å². The first-order valence-electron chi connectivity index (χ1n) is 7.19. The molecule has 1 heterocycles. The summed E-state index contributed by atoms with van der Waals surface area (Å²) >= 11 is 1.72. The van der Waals surface area contributed by atoms with E-state index in [2.05, 4.69) is 54.1 Å². The molecule has 1 aromatic carbocycles. The van der Waals surface area contributed by atoms with E-state index in [1.54, 1.807) is 11.3 Å². The van der Waals surface area contributed by atoms with E-state index in [-0.39, 0.29) is 11.9 Å². The van der Waals surface area contributed by atoms with Crippen molar-refractivity contribution in [2.24, 2.45) is 0 Å². The topological polar surface area (TPSA) is 41.1 Å². The first kappa shape index (κ1) is 15.6. The largest absolute Gasteiger partial charge is 0.374 e. The fourth-order valence-corrected chi connectivity index (χ4v) is 3.00. The summed E-state index contributed by atoms with van der Waals surface area (Å²) in [6.07, 6.45) is 0.889. The number of carbonyl (C=O) groups is 1. The summed E-state index contributed by atoms with van der Waals surface area (Å²) in [5.41, 5.74) is 3.39. The molecule has 0 spiro atoms. The number of hydrogen-bond donors (Lipinski definition) is 2. The van der Waals surface area contributed by atoms with Crippen molar-refractivity contribution in [2.75, 3.05) is 11.9 Å². The molecule has 0 radical (unpaired) electrons. The number of anilines is 1. The van der Waals surface area contributed by atoms with Gasteiger partial charge in [-0.3, -0.25) is 4.79 Å². The molecule has 0 aliphatic heterocycles. The maximum atomic E-state index is 12.1. The average molecular weight is 302 g/mol. The molecule has 0 saturated heterocycles. The highest BCUT2D eigenvalue weighted by molar-refractivity contribution is 7.09. The summed E-state index contributed by atoms with van der Waals surface area (Å²) in [4.78, 5) is 13.4. The van der Waals surface area contributed by atoms with Gasteiger partial charge >= 0.3 is 0 Å². The second-order valence-electron chi connectivity index (χ2n) is 5.36. The van der Waals surface area contributed by atoms with Gasteiger partial charge in [-0.1, -0.05) is 12.1 Å². The molecule has 0 fully saturated rings. The predicted molar refractivity (Wildman–Crippen MR) is 90.0 cm³/mol. The minimum Gasteiger partial charge on any atom is -0.374 e. The maximum absolute atomic E-state index is 12.1. The second kappa shape index (κ2) is 7.27. The lowest BCUT2D eigenvalue weighted by molar-refractivity contribution is -0.121. The number of aryl methyl sites for hydroxylation is 2. The quantitative estimate of drug-likeness (QED) is 0.857. The highest BCUT2D eigenvalue weighted by Crippen LogP contribution is 2.14. The van der Waals surface area contributed by atoms with Crippen molar-refractivity contribution in [1.82, 2.24) is 5.32 Å². The van der Waals surface area contributed by atoms with Gasteiger partial charge in [-0.15, -0.1) is 11.3 Å². The summed E-state index contributed by atoms with van der Waals surface area (Å²) in [6.45, 7) is 6.68. The van der Waals surface area contributed by atoms with Crippen LogP contribution in [-0.2, 0) is 11.2 Å². The highest BCUT2D eigenvalue weighted by atomic mass is 32.1. The van der Waals surface area contributed by atoms with Gasteiger partial charge in [-0.2, -0.15) is 0 Å². The zero-order valence-electron chi connectivity index (χ0n) is 12.8. The van der Waals surface area contributed by atoms with Crippen LogP contribution in [0.5, 0.6) is 0 Å². The molecule has 4 heteroatoms. The Kier molecular flexibility index (Phi) is 5.39. The van der Waals surface area contributed by atoms with E-state index in [0.717, 1.165) is 12.1 Å². The van der Waals surface area contributed by atoms with Crippen LogP contribution in [-0.4, -0.2) is 18.5 Å². The summed E-state index contributed by atoms with van der Waals surface area (Å²) in [5, 5.41) is 8.29. The Hall–Kier alpha value is -1.81. The van der Waals surface area contributed by atoms with Crippen molar-refractivity contribution in [3.8, 4) is 0 Å². The smallest absolute Gasteiger partial charge is 0.242 e. The van der Waals surface area contributed by atoms with Crippen LogP contribution in [0.3, 0.4) is 0 Å². The van der Waals surface area contributed by atoms with Gasteiger partial charge in [0.25, 0.3) is 0 Å². The molecule has 0 bridgehead atoms. The predicted octanol–water partition coefficient (Wildman–Crippen LogP) is 3.52. The Morgan fingerprint density at radius 1 is 1.24 bits per heavy atom. The van der Waals surface area contributed by atoms with Crippen LogP contribution in [0.1, 0.15) is 22.9 Å². The minimum atomic E-state index is -0.241. The first-order valence-corrected chi connectivity index (χ1v) is 8.07. The van der Waals surface area contributed by atoms with E-state index >= 15 is 0 Å². The van der Waals surface area contributed by atoms with Crippen molar-refractivity contribution in [3.63, 3.8) is 0 Å². The summed E-state index contributed by atoms with van der Waals surface area (Å²) in [7, 11) is 0. The fraction of sp³-hybridized carbons (Fsp3) is 0.353. The van der Waals surface area contributed by atoms with Crippen molar-refractivity contribution in [3.05, 3.63) is 51.7 Å². The molecule has 112 valence electrons. The van der Waals surface area contributed by atoms with E-state index in [1.807, 2.05) is 13.0 Å². The van der Waals surface area contributed by atoms with Gasteiger partial charge in [0.15, 0.2) is 0 Å². The number of rotatable bonds is 6. The number of hydrogen-bond acceptors (Lipinski definition) is 3. The van der Waals surface area contributed by atoms with Crippen LogP contribution in [0.25, 0.3) is 0 Å². The average Bonchev–Trinajstić information content (AvgIpc) is 2.90. The van der Waals surface area contributed by atoms with Crippen molar-refractivity contribution < 1.29 is 4.79 Å². The number of carbonyl (C=O) groups excluding carboxylic acids is 1.